The maximum absolute atomic E-state index is 6.00. The van der Waals surface area contributed by atoms with E-state index in [1.807, 2.05) is 0 Å². The van der Waals surface area contributed by atoms with Gasteiger partial charge in [-0.3, -0.25) is 0 Å². The van der Waals surface area contributed by atoms with Gasteiger partial charge in [0.15, 0.2) is 0 Å². The van der Waals surface area contributed by atoms with Crippen molar-refractivity contribution in [3.05, 3.63) is 29.8 Å². The van der Waals surface area contributed by atoms with Gasteiger partial charge in [0.1, 0.15) is 12.4 Å². The van der Waals surface area contributed by atoms with Crippen LogP contribution in [0.4, 0.5) is 0 Å². The van der Waals surface area contributed by atoms with Crippen LogP contribution in [0.2, 0.25) is 0 Å². The van der Waals surface area contributed by atoms with E-state index in [0.717, 1.165) is 18.7 Å². The predicted octanol–water partition coefficient (Wildman–Crippen LogP) is 4.78. The summed E-state index contributed by atoms with van der Waals surface area (Å²) in [7, 11) is 0. The lowest BCUT2D eigenvalue weighted by Crippen LogP contribution is -2.45. The van der Waals surface area contributed by atoms with Gasteiger partial charge < -0.3 is 10.1 Å². The second-order valence-electron chi connectivity index (χ2n) is 7.96. The molecule has 120 valence electrons. The second kappa shape index (κ2) is 7.31. The first kappa shape index (κ1) is 18.0. The lowest BCUT2D eigenvalue weighted by atomic mass is 9.87. The van der Waals surface area contributed by atoms with Gasteiger partial charge in [-0.1, -0.05) is 60.6 Å². The number of hydrogen-bond donors (Lipinski definition) is 1. The van der Waals surface area contributed by atoms with E-state index in [9.17, 15) is 0 Å². The molecular weight excluding hydrogens is 258 g/mol. The van der Waals surface area contributed by atoms with Gasteiger partial charge >= 0.3 is 0 Å². The minimum atomic E-state index is 0.190. The van der Waals surface area contributed by atoms with Crippen LogP contribution >= 0.6 is 0 Å². The SMILES string of the molecule is CCCNC(COc1ccc(C(C)(C)C)cc1)C(C)(C)C. The van der Waals surface area contributed by atoms with Crippen LogP contribution in [0.25, 0.3) is 0 Å². The molecule has 0 radical (unpaired) electrons. The van der Waals surface area contributed by atoms with Crippen molar-refractivity contribution in [3.8, 4) is 5.75 Å². The largest absolute Gasteiger partial charge is 0.492 e. The first-order valence-electron chi connectivity index (χ1n) is 8.11. The summed E-state index contributed by atoms with van der Waals surface area (Å²) in [6, 6.07) is 8.86. The lowest BCUT2D eigenvalue weighted by molar-refractivity contribution is 0.174. The van der Waals surface area contributed by atoms with Gasteiger partial charge in [-0.25, -0.2) is 0 Å². The van der Waals surface area contributed by atoms with E-state index in [1.165, 1.54) is 5.56 Å². The van der Waals surface area contributed by atoms with E-state index in [0.29, 0.717) is 12.6 Å². The Bertz CT molecular complexity index is 409. The molecule has 0 bridgehead atoms. The van der Waals surface area contributed by atoms with Gasteiger partial charge in [0.25, 0.3) is 0 Å². The number of hydrogen-bond acceptors (Lipinski definition) is 2. The van der Waals surface area contributed by atoms with Gasteiger partial charge in [0.05, 0.1) is 0 Å². The molecule has 21 heavy (non-hydrogen) atoms. The minimum Gasteiger partial charge on any atom is -0.492 e. The summed E-state index contributed by atoms with van der Waals surface area (Å²) in [5.41, 5.74) is 1.72. The highest BCUT2D eigenvalue weighted by Gasteiger charge is 2.24. The average Bonchev–Trinajstić information content (AvgIpc) is 2.36. The van der Waals surface area contributed by atoms with E-state index in [1.54, 1.807) is 0 Å². The average molecular weight is 291 g/mol. The molecule has 1 aromatic rings. The van der Waals surface area contributed by atoms with Gasteiger partial charge in [-0.15, -0.1) is 0 Å². The summed E-state index contributed by atoms with van der Waals surface area (Å²) >= 11 is 0. The van der Waals surface area contributed by atoms with Crippen LogP contribution in [0.1, 0.15) is 60.5 Å². The summed E-state index contributed by atoms with van der Waals surface area (Å²) < 4.78 is 6.00. The quantitative estimate of drug-likeness (QED) is 0.814. The molecule has 1 aromatic carbocycles. The van der Waals surface area contributed by atoms with Crippen molar-refractivity contribution in [3.63, 3.8) is 0 Å². The van der Waals surface area contributed by atoms with Crippen LogP contribution < -0.4 is 10.1 Å². The van der Waals surface area contributed by atoms with Crippen molar-refractivity contribution in [1.29, 1.82) is 0 Å². The van der Waals surface area contributed by atoms with Crippen LogP contribution in [0.5, 0.6) is 5.75 Å². The first-order chi connectivity index (χ1) is 9.64. The number of rotatable bonds is 6. The molecule has 0 saturated heterocycles. The van der Waals surface area contributed by atoms with E-state index in [4.69, 9.17) is 4.74 Å². The smallest absolute Gasteiger partial charge is 0.119 e. The highest BCUT2D eigenvalue weighted by molar-refractivity contribution is 5.31. The molecule has 0 aliphatic rings. The third-order valence-corrected chi connectivity index (χ3v) is 3.82. The minimum absolute atomic E-state index is 0.190. The van der Waals surface area contributed by atoms with Crippen molar-refractivity contribution in [2.24, 2.45) is 5.41 Å². The zero-order valence-corrected chi connectivity index (χ0v) is 14.9. The molecule has 0 amide bonds. The number of benzene rings is 1. The molecule has 0 aromatic heterocycles. The monoisotopic (exact) mass is 291 g/mol. The zero-order chi connectivity index (χ0) is 16.1. The third-order valence-electron chi connectivity index (χ3n) is 3.82. The molecule has 0 heterocycles. The molecule has 1 unspecified atom stereocenters. The molecule has 0 saturated carbocycles. The molecular formula is C19H33NO. The maximum Gasteiger partial charge on any atom is 0.119 e. The fraction of sp³-hybridized carbons (Fsp3) is 0.684. The van der Waals surface area contributed by atoms with Crippen LogP contribution in [0, 0.1) is 5.41 Å². The van der Waals surface area contributed by atoms with Crippen LogP contribution in [0.3, 0.4) is 0 Å². The summed E-state index contributed by atoms with van der Waals surface area (Å²) in [4.78, 5) is 0. The Morgan fingerprint density at radius 2 is 1.57 bits per heavy atom. The zero-order valence-electron chi connectivity index (χ0n) is 14.9. The third kappa shape index (κ3) is 6.09. The van der Waals surface area contributed by atoms with Crippen LogP contribution in [-0.2, 0) is 5.41 Å². The van der Waals surface area contributed by atoms with Gasteiger partial charge in [0, 0.05) is 6.04 Å². The molecule has 0 aliphatic heterocycles. The van der Waals surface area contributed by atoms with Gasteiger partial charge in [0.2, 0.25) is 0 Å². The molecule has 1 atom stereocenters. The molecule has 0 spiro atoms. The van der Waals surface area contributed by atoms with Crippen molar-refractivity contribution in [1.82, 2.24) is 5.32 Å². The first-order valence-corrected chi connectivity index (χ1v) is 8.11. The Morgan fingerprint density at radius 3 is 2.00 bits per heavy atom. The molecule has 2 heteroatoms. The van der Waals surface area contributed by atoms with Gasteiger partial charge in [-0.05, 0) is 41.5 Å². The maximum atomic E-state index is 6.00. The van der Waals surface area contributed by atoms with Crippen LogP contribution in [-0.4, -0.2) is 19.2 Å². The standard InChI is InChI=1S/C19H33NO/c1-8-13-20-17(19(5,6)7)14-21-16-11-9-15(10-12-16)18(2,3)4/h9-12,17,20H,8,13-14H2,1-7H3. The fourth-order valence-electron chi connectivity index (χ4n) is 2.16. The van der Waals surface area contributed by atoms with E-state index in [2.05, 4.69) is 78.0 Å². The summed E-state index contributed by atoms with van der Waals surface area (Å²) in [6.07, 6.45) is 1.15. The summed E-state index contributed by atoms with van der Waals surface area (Å²) in [6.45, 7) is 17.4. The lowest BCUT2D eigenvalue weighted by Gasteiger charge is -2.31. The van der Waals surface area contributed by atoms with Gasteiger partial charge in [-0.2, -0.15) is 0 Å². The Balaban J connectivity index is 2.63. The number of nitrogens with one attached hydrogen (secondary N) is 1. The Morgan fingerprint density at radius 1 is 1.00 bits per heavy atom. The van der Waals surface area contributed by atoms with E-state index in [-0.39, 0.29) is 10.8 Å². The fourth-order valence-corrected chi connectivity index (χ4v) is 2.16. The van der Waals surface area contributed by atoms with E-state index >= 15 is 0 Å². The highest BCUT2D eigenvalue weighted by Crippen LogP contribution is 2.25. The molecule has 0 aliphatic carbocycles. The molecule has 2 nitrogen and oxygen atoms in total. The van der Waals surface area contributed by atoms with E-state index < -0.39 is 0 Å². The van der Waals surface area contributed by atoms with Crippen molar-refractivity contribution in [2.75, 3.05) is 13.2 Å². The normalized spacial score (nSPS) is 14.0. The molecule has 1 N–H and O–H groups in total. The molecule has 0 fully saturated rings. The Hall–Kier alpha value is -1.02. The molecule has 1 rings (SSSR count). The van der Waals surface area contributed by atoms with Crippen LogP contribution in [0.15, 0.2) is 24.3 Å². The Labute approximate surface area is 131 Å². The summed E-state index contributed by atoms with van der Waals surface area (Å²) in [5, 5.41) is 3.59. The number of ether oxygens (including phenoxy) is 1. The highest BCUT2D eigenvalue weighted by atomic mass is 16.5. The van der Waals surface area contributed by atoms with Crippen molar-refractivity contribution in [2.45, 2.75) is 66.3 Å². The second-order valence-corrected chi connectivity index (χ2v) is 7.96. The van der Waals surface area contributed by atoms with Crippen molar-refractivity contribution >= 4 is 0 Å². The predicted molar refractivity (Wildman–Crippen MR) is 92.2 cm³/mol. The topological polar surface area (TPSA) is 21.3 Å². The summed E-state index contributed by atoms with van der Waals surface area (Å²) in [5.74, 6) is 0.954. The van der Waals surface area contributed by atoms with Crippen molar-refractivity contribution < 1.29 is 4.74 Å². The Kier molecular flexibility index (Phi) is 6.27.